The first-order valence-electron chi connectivity index (χ1n) is 7.61. The van der Waals surface area contributed by atoms with Crippen LogP contribution in [-0.4, -0.2) is 33.9 Å². The van der Waals surface area contributed by atoms with Crippen LogP contribution < -0.4 is 5.32 Å². The van der Waals surface area contributed by atoms with Crippen LogP contribution in [0.3, 0.4) is 0 Å². The van der Waals surface area contributed by atoms with Gasteiger partial charge >= 0.3 is 5.97 Å². The van der Waals surface area contributed by atoms with Crippen molar-refractivity contribution in [2.75, 3.05) is 6.61 Å². The Hall–Kier alpha value is -0.630. The summed E-state index contributed by atoms with van der Waals surface area (Å²) in [4.78, 5) is 12.5. The van der Waals surface area contributed by atoms with E-state index in [1.54, 1.807) is 0 Å². The van der Waals surface area contributed by atoms with Gasteiger partial charge in [0.2, 0.25) is 0 Å². The minimum absolute atomic E-state index is 0.120. The molecule has 1 aliphatic rings. The van der Waals surface area contributed by atoms with Crippen molar-refractivity contribution in [2.24, 2.45) is 0 Å². The second-order valence-corrected chi connectivity index (χ2v) is 7.24. The fraction of sp³-hybridized carbons (Fsp3) is 0.733. The predicted molar refractivity (Wildman–Crippen MR) is 90.1 cm³/mol. The molecule has 21 heavy (non-hydrogen) atoms. The molecule has 0 radical (unpaired) electrons. The summed E-state index contributed by atoms with van der Waals surface area (Å²) in [6, 6.07) is 0.490. The summed E-state index contributed by atoms with van der Waals surface area (Å²) < 4.78 is 8.46. The first-order chi connectivity index (χ1) is 9.97. The van der Waals surface area contributed by atoms with E-state index in [1.165, 1.54) is 0 Å². The molecular formula is C15H24IN3O2. The molecule has 1 heterocycles. The molecule has 1 fully saturated rings. The summed E-state index contributed by atoms with van der Waals surface area (Å²) >= 11 is 2.26. The Morgan fingerprint density at radius 2 is 2.43 bits per heavy atom. The van der Waals surface area contributed by atoms with Crippen LogP contribution in [0.5, 0.6) is 0 Å². The lowest BCUT2D eigenvalue weighted by atomic mass is 9.78. The number of nitrogens with one attached hydrogen (secondary N) is 1. The summed E-state index contributed by atoms with van der Waals surface area (Å²) in [5.41, 5.74) is -0.579. The van der Waals surface area contributed by atoms with Crippen molar-refractivity contribution in [2.45, 2.75) is 64.1 Å². The monoisotopic (exact) mass is 405 g/mol. The summed E-state index contributed by atoms with van der Waals surface area (Å²) in [5, 5.41) is 7.89. The van der Waals surface area contributed by atoms with Gasteiger partial charge in [0, 0.05) is 12.2 Å². The van der Waals surface area contributed by atoms with Gasteiger partial charge in [0.25, 0.3) is 0 Å². The van der Waals surface area contributed by atoms with Crippen LogP contribution in [0.2, 0.25) is 0 Å². The Morgan fingerprint density at radius 1 is 1.67 bits per heavy atom. The Labute approximate surface area is 139 Å². The maximum Gasteiger partial charge on any atom is 0.326 e. The van der Waals surface area contributed by atoms with Crippen LogP contribution in [0.4, 0.5) is 0 Å². The minimum atomic E-state index is -0.579. The molecule has 1 saturated carbocycles. The molecule has 2 rings (SSSR count). The van der Waals surface area contributed by atoms with Gasteiger partial charge < -0.3 is 4.74 Å². The van der Waals surface area contributed by atoms with Crippen molar-refractivity contribution in [3.63, 3.8) is 0 Å². The Bertz CT molecular complexity index is 489. The second-order valence-electron chi connectivity index (χ2n) is 5.99. The number of nitrogens with zero attached hydrogens (tertiary/aromatic N) is 2. The third-order valence-electron chi connectivity index (χ3n) is 3.90. The molecule has 6 heteroatoms. The highest BCUT2D eigenvalue weighted by molar-refractivity contribution is 14.1. The molecule has 0 saturated heterocycles. The highest BCUT2D eigenvalue weighted by atomic mass is 127. The van der Waals surface area contributed by atoms with Crippen LogP contribution in [-0.2, 0) is 9.53 Å². The minimum Gasteiger partial charge on any atom is -0.465 e. The van der Waals surface area contributed by atoms with Crippen LogP contribution in [0.25, 0.3) is 0 Å². The van der Waals surface area contributed by atoms with E-state index in [-0.39, 0.29) is 18.1 Å². The fourth-order valence-electron chi connectivity index (χ4n) is 3.18. The number of rotatable bonds is 5. The van der Waals surface area contributed by atoms with Crippen molar-refractivity contribution < 1.29 is 9.53 Å². The number of carbonyl (C=O) groups is 1. The molecule has 5 nitrogen and oxygen atoms in total. The second kappa shape index (κ2) is 7.09. The van der Waals surface area contributed by atoms with Gasteiger partial charge in [-0.05, 0) is 69.0 Å². The highest BCUT2D eigenvalue weighted by Gasteiger charge is 2.45. The molecule has 0 aromatic carbocycles. The van der Waals surface area contributed by atoms with Gasteiger partial charge in [0.1, 0.15) is 5.54 Å². The van der Waals surface area contributed by atoms with E-state index in [9.17, 15) is 4.79 Å². The zero-order valence-corrected chi connectivity index (χ0v) is 15.1. The normalized spacial score (nSPS) is 26.0. The zero-order valence-electron chi connectivity index (χ0n) is 12.9. The van der Waals surface area contributed by atoms with Crippen LogP contribution >= 0.6 is 22.6 Å². The van der Waals surface area contributed by atoms with Crippen molar-refractivity contribution in [3.8, 4) is 0 Å². The molecule has 2 atom stereocenters. The third kappa shape index (κ3) is 3.97. The molecule has 0 bridgehead atoms. The Morgan fingerprint density at radius 3 is 3.00 bits per heavy atom. The van der Waals surface area contributed by atoms with Crippen molar-refractivity contribution in [3.05, 3.63) is 16.0 Å². The van der Waals surface area contributed by atoms with Gasteiger partial charge in [0.15, 0.2) is 0 Å². The van der Waals surface area contributed by atoms with Crippen molar-refractivity contribution in [1.82, 2.24) is 15.1 Å². The van der Waals surface area contributed by atoms with Crippen molar-refractivity contribution in [1.29, 1.82) is 0 Å². The number of esters is 1. The molecule has 0 amide bonds. The molecule has 1 aromatic heterocycles. The van der Waals surface area contributed by atoms with E-state index in [4.69, 9.17) is 4.74 Å². The molecule has 1 aromatic rings. The summed E-state index contributed by atoms with van der Waals surface area (Å²) in [5.74, 6) is -0.120. The average Bonchev–Trinajstić information content (AvgIpc) is 2.85. The lowest BCUT2D eigenvalue weighted by Gasteiger charge is -2.40. The SMILES string of the molecule is CCOC(=O)C1(NC(C)C)CCCC(n2cc(I)cn2)C1. The van der Waals surface area contributed by atoms with Gasteiger partial charge in [-0.25, -0.2) is 0 Å². The molecule has 0 spiro atoms. The largest absolute Gasteiger partial charge is 0.465 e. The molecule has 0 aliphatic heterocycles. The summed E-state index contributed by atoms with van der Waals surface area (Å²) in [7, 11) is 0. The maximum absolute atomic E-state index is 12.5. The number of hydrogen-bond acceptors (Lipinski definition) is 4. The topological polar surface area (TPSA) is 56.1 Å². The van der Waals surface area contributed by atoms with Gasteiger partial charge in [-0.3, -0.25) is 14.8 Å². The van der Waals surface area contributed by atoms with E-state index in [1.807, 2.05) is 24.0 Å². The van der Waals surface area contributed by atoms with Crippen LogP contribution in [0.1, 0.15) is 52.5 Å². The third-order valence-corrected chi connectivity index (χ3v) is 4.46. The average molecular weight is 405 g/mol. The number of hydrogen-bond donors (Lipinski definition) is 1. The van der Waals surface area contributed by atoms with Gasteiger partial charge in [-0.1, -0.05) is 0 Å². The van der Waals surface area contributed by atoms with E-state index in [0.717, 1.165) is 29.3 Å². The number of aromatic nitrogens is 2. The Balaban J connectivity index is 2.21. The standard InChI is InChI=1S/C15H24IN3O2/c1-4-21-14(20)15(18-11(2)3)7-5-6-13(8-15)19-10-12(16)9-17-19/h9-11,13,18H,4-8H2,1-3H3. The van der Waals surface area contributed by atoms with E-state index >= 15 is 0 Å². The van der Waals surface area contributed by atoms with E-state index in [2.05, 4.69) is 46.9 Å². The molecular weight excluding hydrogens is 381 g/mol. The number of halogens is 1. The first kappa shape index (κ1) is 16.7. The van der Waals surface area contributed by atoms with Crippen molar-refractivity contribution >= 4 is 28.6 Å². The number of carbonyl (C=O) groups excluding carboxylic acids is 1. The van der Waals surface area contributed by atoms with Gasteiger partial charge in [0.05, 0.1) is 22.4 Å². The quantitative estimate of drug-likeness (QED) is 0.605. The Kier molecular flexibility index (Phi) is 5.65. The molecule has 2 unspecified atom stereocenters. The number of ether oxygens (including phenoxy) is 1. The zero-order chi connectivity index (χ0) is 15.5. The summed E-state index contributed by atoms with van der Waals surface area (Å²) in [6.45, 7) is 6.42. The summed E-state index contributed by atoms with van der Waals surface area (Å²) in [6.07, 6.45) is 7.53. The highest BCUT2D eigenvalue weighted by Crippen LogP contribution is 2.36. The van der Waals surface area contributed by atoms with Gasteiger partial charge in [-0.15, -0.1) is 0 Å². The lowest BCUT2D eigenvalue weighted by molar-refractivity contribution is -0.154. The van der Waals surface area contributed by atoms with Gasteiger partial charge in [-0.2, -0.15) is 5.10 Å². The first-order valence-corrected chi connectivity index (χ1v) is 8.69. The molecule has 118 valence electrons. The lowest BCUT2D eigenvalue weighted by Crippen LogP contribution is -2.58. The maximum atomic E-state index is 12.5. The molecule has 1 N–H and O–H groups in total. The van der Waals surface area contributed by atoms with E-state index in [0.29, 0.717) is 6.61 Å². The predicted octanol–water partition coefficient (Wildman–Crippen LogP) is 2.90. The molecule has 1 aliphatic carbocycles. The van der Waals surface area contributed by atoms with Crippen LogP contribution in [0, 0.1) is 3.57 Å². The fourth-order valence-corrected chi connectivity index (χ4v) is 3.59. The smallest absolute Gasteiger partial charge is 0.326 e. The van der Waals surface area contributed by atoms with Crippen LogP contribution in [0.15, 0.2) is 12.4 Å². The van der Waals surface area contributed by atoms with E-state index < -0.39 is 5.54 Å².